The summed E-state index contributed by atoms with van der Waals surface area (Å²) in [5.74, 6) is 2.41. The Balaban J connectivity index is 1.65. The van der Waals surface area contributed by atoms with Gasteiger partial charge in [-0.05, 0) is 18.6 Å². The van der Waals surface area contributed by atoms with Crippen molar-refractivity contribution in [3.8, 4) is 11.4 Å². The zero-order valence-corrected chi connectivity index (χ0v) is 13.5. The van der Waals surface area contributed by atoms with Gasteiger partial charge in [0.1, 0.15) is 5.82 Å². The summed E-state index contributed by atoms with van der Waals surface area (Å²) in [6.45, 7) is 2.10. The Morgan fingerprint density at radius 3 is 2.95 bits per heavy atom. The zero-order valence-electron chi connectivity index (χ0n) is 11.9. The van der Waals surface area contributed by atoms with Crippen LogP contribution >= 0.6 is 23.4 Å². The molecule has 2 aromatic heterocycles. The van der Waals surface area contributed by atoms with Crippen LogP contribution in [0.4, 0.5) is 0 Å². The predicted octanol–water partition coefficient (Wildman–Crippen LogP) is 3.75. The first-order valence-electron chi connectivity index (χ1n) is 6.88. The molecular weight excluding hydrogens is 322 g/mol. The highest BCUT2D eigenvalue weighted by atomic mass is 35.5. The van der Waals surface area contributed by atoms with Crippen molar-refractivity contribution >= 4 is 23.4 Å². The van der Waals surface area contributed by atoms with Gasteiger partial charge in [-0.2, -0.15) is 4.98 Å². The van der Waals surface area contributed by atoms with Crippen molar-refractivity contribution in [3.05, 3.63) is 41.0 Å². The van der Waals surface area contributed by atoms with E-state index in [1.807, 2.05) is 18.2 Å². The van der Waals surface area contributed by atoms with Gasteiger partial charge in [-0.15, -0.1) is 5.10 Å². The van der Waals surface area contributed by atoms with Gasteiger partial charge in [-0.3, -0.25) is 5.10 Å². The molecule has 0 amide bonds. The van der Waals surface area contributed by atoms with Crippen molar-refractivity contribution in [1.82, 2.24) is 25.3 Å². The van der Waals surface area contributed by atoms with Crippen molar-refractivity contribution in [1.29, 1.82) is 0 Å². The average molecular weight is 336 g/mol. The number of rotatable bonds is 6. The first-order valence-corrected chi connectivity index (χ1v) is 8.24. The third kappa shape index (κ3) is 3.48. The number of benzene rings is 1. The van der Waals surface area contributed by atoms with Crippen LogP contribution in [0.2, 0.25) is 5.02 Å². The first-order chi connectivity index (χ1) is 10.8. The summed E-state index contributed by atoms with van der Waals surface area (Å²) >= 11 is 7.57. The van der Waals surface area contributed by atoms with E-state index < -0.39 is 0 Å². The summed E-state index contributed by atoms with van der Waals surface area (Å²) in [5.41, 5.74) is 0.757. The number of aromatic nitrogens is 5. The van der Waals surface area contributed by atoms with Crippen molar-refractivity contribution in [3.63, 3.8) is 0 Å². The smallest absolute Gasteiger partial charge is 0.237 e. The number of nitrogens with one attached hydrogen (secondary N) is 1. The normalized spacial score (nSPS) is 11.0. The number of H-pyrrole nitrogens is 1. The van der Waals surface area contributed by atoms with Crippen LogP contribution in [0.3, 0.4) is 0 Å². The molecular formula is C14H14ClN5OS. The van der Waals surface area contributed by atoms with Gasteiger partial charge in [-0.25, -0.2) is 4.98 Å². The Kier molecular flexibility index (Phi) is 4.74. The largest absolute Gasteiger partial charge is 0.338 e. The maximum Gasteiger partial charge on any atom is 0.237 e. The zero-order chi connectivity index (χ0) is 15.4. The topological polar surface area (TPSA) is 80.5 Å². The van der Waals surface area contributed by atoms with Crippen LogP contribution in [0, 0.1) is 0 Å². The van der Waals surface area contributed by atoms with Crippen molar-refractivity contribution in [2.45, 2.75) is 30.7 Å². The minimum Gasteiger partial charge on any atom is -0.338 e. The Labute approximate surface area is 136 Å². The van der Waals surface area contributed by atoms with Crippen molar-refractivity contribution in [2.75, 3.05) is 0 Å². The number of hydrogen-bond acceptors (Lipinski definition) is 6. The van der Waals surface area contributed by atoms with Gasteiger partial charge >= 0.3 is 0 Å². The number of thioether (sulfide) groups is 1. The lowest BCUT2D eigenvalue weighted by Crippen LogP contribution is -1.86. The molecule has 0 atom stereocenters. The lowest BCUT2D eigenvalue weighted by Gasteiger charge is -1.95. The van der Waals surface area contributed by atoms with Crippen LogP contribution in [0.15, 0.2) is 33.9 Å². The number of aromatic amines is 1. The number of aryl methyl sites for hydroxylation is 1. The van der Waals surface area contributed by atoms with E-state index in [9.17, 15) is 0 Å². The minimum atomic E-state index is 0.489. The Bertz CT molecular complexity index is 757. The SMILES string of the molecule is CCCc1nc(SCc2nc(-c3ccccc3Cl)no2)n[nH]1. The Hall–Kier alpha value is -1.86. The molecule has 0 aliphatic heterocycles. The molecule has 0 bridgehead atoms. The maximum atomic E-state index is 6.12. The second kappa shape index (κ2) is 6.93. The van der Waals surface area contributed by atoms with Crippen molar-refractivity contribution < 1.29 is 4.52 Å². The van der Waals surface area contributed by atoms with E-state index in [1.165, 1.54) is 11.8 Å². The maximum absolute atomic E-state index is 6.12. The molecule has 114 valence electrons. The molecule has 3 rings (SSSR count). The van der Waals surface area contributed by atoms with Crippen LogP contribution in [0.25, 0.3) is 11.4 Å². The minimum absolute atomic E-state index is 0.489. The van der Waals surface area contributed by atoms with E-state index in [0.717, 1.165) is 24.2 Å². The first kappa shape index (κ1) is 15.1. The highest BCUT2D eigenvalue weighted by Crippen LogP contribution is 2.26. The Morgan fingerprint density at radius 1 is 1.27 bits per heavy atom. The third-order valence-corrected chi connectivity index (χ3v) is 4.07. The molecule has 0 saturated carbocycles. The van der Waals surface area contributed by atoms with E-state index in [0.29, 0.717) is 27.6 Å². The summed E-state index contributed by atoms with van der Waals surface area (Å²) in [6, 6.07) is 7.40. The van der Waals surface area contributed by atoms with E-state index in [1.54, 1.807) is 6.07 Å². The fourth-order valence-corrected chi connectivity index (χ4v) is 2.76. The summed E-state index contributed by atoms with van der Waals surface area (Å²) in [5, 5.41) is 12.3. The molecule has 3 aromatic rings. The van der Waals surface area contributed by atoms with Gasteiger partial charge in [-0.1, -0.05) is 47.6 Å². The number of hydrogen-bond donors (Lipinski definition) is 1. The molecule has 1 N–H and O–H groups in total. The van der Waals surface area contributed by atoms with Gasteiger partial charge in [0.15, 0.2) is 0 Å². The lowest BCUT2D eigenvalue weighted by atomic mass is 10.2. The molecule has 1 aromatic carbocycles. The summed E-state index contributed by atoms with van der Waals surface area (Å²) in [4.78, 5) is 8.73. The van der Waals surface area contributed by atoms with Crippen LogP contribution in [0.5, 0.6) is 0 Å². The molecule has 22 heavy (non-hydrogen) atoms. The Morgan fingerprint density at radius 2 is 2.14 bits per heavy atom. The quantitative estimate of drug-likeness (QED) is 0.691. The molecule has 2 heterocycles. The summed E-state index contributed by atoms with van der Waals surface area (Å²) in [7, 11) is 0. The van der Waals surface area contributed by atoms with Crippen LogP contribution in [0.1, 0.15) is 25.1 Å². The second-order valence-corrected chi connectivity index (χ2v) is 5.94. The van der Waals surface area contributed by atoms with E-state index in [2.05, 4.69) is 32.2 Å². The standard InChI is InChI=1S/C14H14ClN5OS/c1-2-5-11-16-14(19-18-11)22-8-12-17-13(20-21-12)9-6-3-4-7-10(9)15/h3-4,6-7H,2,5,8H2,1H3,(H,16,18,19). The van der Waals surface area contributed by atoms with Gasteiger partial charge < -0.3 is 4.52 Å². The van der Waals surface area contributed by atoms with Crippen molar-refractivity contribution in [2.24, 2.45) is 0 Å². The molecule has 6 nitrogen and oxygen atoms in total. The average Bonchev–Trinajstić information content (AvgIpc) is 3.15. The molecule has 0 fully saturated rings. The molecule has 0 radical (unpaired) electrons. The number of nitrogens with zero attached hydrogens (tertiary/aromatic N) is 4. The van der Waals surface area contributed by atoms with Gasteiger partial charge in [0.25, 0.3) is 0 Å². The van der Waals surface area contributed by atoms with Crippen LogP contribution in [-0.2, 0) is 12.2 Å². The second-order valence-electron chi connectivity index (χ2n) is 4.59. The van der Waals surface area contributed by atoms with Gasteiger partial charge in [0.05, 0.1) is 10.8 Å². The molecule has 0 spiro atoms. The highest BCUT2D eigenvalue weighted by molar-refractivity contribution is 7.98. The molecule has 8 heteroatoms. The van der Waals surface area contributed by atoms with E-state index in [-0.39, 0.29) is 0 Å². The fourth-order valence-electron chi connectivity index (χ4n) is 1.88. The summed E-state index contributed by atoms with van der Waals surface area (Å²) < 4.78 is 5.24. The molecule has 0 aliphatic carbocycles. The van der Waals surface area contributed by atoms with Gasteiger partial charge in [0.2, 0.25) is 16.9 Å². The van der Waals surface area contributed by atoms with Crippen LogP contribution in [-0.4, -0.2) is 25.3 Å². The van der Waals surface area contributed by atoms with E-state index >= 15 is 0 Å². The highest BCUT2D eigenvalue weighted by Gasteiger charge is 2.12. The molecule has 0 saturated heterocycles. The fraction of sp³-hybridized carbons (Fsp3) is 0.286. The molecule has 0 unspecified atom stereocenters. The van der Waals surface area contributed by atoms with Crippen LogP contribution < -0.4 is 0 Å². The lowest BCUT2D eigenvalue weighted by molar-refractivity contribution is 0.391. The number of halogens is 1. The predicted molar refractivity (Wildman–Crippen MR) is 84.7 cm³/mol. The molecule has 0 aliphatic rings. The third-order valence-electron chi connectivity index (χ3n) is 2.91. The monoisotopic (exact) mass is 335 g/mol. The van der Waals surface area contributed by atoms with E-state index in [4.69, 9.17) is 16.1 Å². The summed E-state index contributed by atoms with van der Waals surface area (Å²) in [6.07, 6.45) is 1.93. The van der Waals surface area contributed by atoms with Gasteiger partial charge in [0, 0.05) is 12.0 Å².